The summed E-state index contributed by atoms with van der Waals surface area (Å²) in [5.74, 6) is 0.322. The van der Waals surface area contributed by atoms with E-state index in [9.17, 15) is 14.9 Å². The Bertz CT molecular complexity index is 820. The number of amides is 1. The predicted octanol–water partition coefficient (Wildman–Crippen LogP) is 0.296. The molecule has 0 atom stereocenters. The molecule has 1 aromatic heterocycles. The maximum atomic E-state index is 12.0. The van der Waals surface area contributed by atoms with Gasteiger partial charge in [-0.1, -0.05) is 6.07 Å². The number of carbonyl (C=O) groups is 1. The molecule has 8 nitrogen and oxygen atoms in total. The van der Waals surface area contributed by atoms with Gasteiger partial charge in [0.1, 0.15) is 11.4 Å². The first-order chi connectivity index (χ1) is 12.2. The molecule has 1 amide bonds. The lowest BCUT2D eigenvalue weighted by atomic mass is 9.76. The molecular weight excluding hydrogens is 337 g/mol. The second-order valence-corrected chi connectivity index (χ2v) is 6.76. The number of ether oxygens (including phenoxy) is 1. The van der Waals surface area contributed by atoms with E-state index >= 15 is 0 Å². The first-order valence-corrected chi connectivity index (χ1v) is 8.17. The molecule has 136 valence electrons. The fourth-order valence-electron chi connectivity index (χ4n) is 2.58. The van der Waals surface area contributed by atoms with Crippen LogP contribution < -0.4 is 15.5 Å². The van der Waals surface area contributed by atoms with Gasteiger partial charge in [-0.05, 0) is 43.4 Å². The van der Waals surface area contributed by atoms with Gasteiger partial charge in [0.2, 0.25) is 5.88 Å². The van der Waals surface area contributed by atoms with Crippen molar-refractivity contribution in [3.63, 3.8) is 0 Å². The topological polar surface area (TPSA) is 114 Å². The molecule has 2 heterocycles. The normalized spacial score (nSPS) is 13.5. The van der Waals surface area contributed by atoms with Crippen LogP contribution in [0, 0.1) is 6.92 Å². The largest absolute Gasteiger partial charge is 0.492 e. The highest BCUT2D eigenvalue weighted by Crippen LogP contribution is 2.25. The SMILES string of the molecule is Cc1c(Oc2cnc(C(=O)NCC(C)(C)O)cn2)ccc2c1B(O)OC2. The molecule has 1 aliphatic rings. The number of aromatic nitrogens is 2. The van der Waals surface area contributed by atoms with E-state index in [1.165, 1.54) is 12.4 Å². The minimum atomic E-state index is -1.01. The van der Waals surface area contributed by atoms with E-state index < -0.39 is 18.6 Å². The Morgan fingerprint density at radius 3 is 2.81 bits per heavy atom. The summed E-state index contributed by atoms with van der Waals surface area (Å²) in [6.45, 7) is 5.49. The van der Waals surface area contributed by atoms with Gasteiger partial charge in [-0.25, -0.2) is 9.97 Å². The van der Waals surface area contributed by atoms with E-state index in [-0.39, 0.29) is 18.1 Å². The summed E-state index contributed by atoms with van der Waals surface area (Å²) in [6.07, 6.45) is 2.65. The summed E-state index contributed by atoms with van der Waals surface area (Å²) in [4.78, 5) is 20.1. The average molecular weight is 357 g/mol. The summed E-state index contributed by atoms with van der Waals surface area (Å²) in [7, 11) is -0.957. The van der Waals surface area contributed by atoms with Crippen molar-refractivity contribution in [2.24, 2.45) is 0 Å². The third-order valence-corrected chi connectivity index (χ3v) is 3.96. The lowest BCUT2D eigenvalue weighted by molar-refractivity contribution is 0.0691. The number of benzene rings is 1. The van der Waals surface area contributed by atoms with Crippen molar-refractivity contribution in [3.05, 3.63) is 41.3 Å². The molecule has 1 aliphatic heterocycles. The van der Waals surface area contributed by atoms with E-state index in [0.717, 1.165) is 11.1 Å². The van der Waals surface area contributed by atoms with Crippen LogP contribution in [0.2, 0.25) is 0 Å². The summed E-state index contributed by atoms with van der Waals surface area (Å²) >= 11 is 0. The van der Waals surface area contributed by atoms with Crippen LogP contribution in [-0.2, 0) is 11.3 Å². The summed E-state index contributed by atoms with van der Waals surface area (Å²) in [5, 5.41) is 22.1. The van der Waals surface area contributed by atoms with Crippen molar-refractivity contribution in [1.82, 2.24) is 15.3 Å². The zero-order chi connectivity index (χ0) is 18.9. The molecule has 0 radical (unpaired) electrons. The number of nitrogens with zero attached hydrogens (tertiary/aromatic N) is 2. The molecule has 3 rings (SSSR count). The van der Waals surface area contributed by atoms with Crippen molar-refractivity contribution in [2.75, 3.05) is 6.54 Å². The van der Waals surface area contributed by atoms with Gasteiger partial charge in [0, 0.05) is 6.54 Å². The van der Waals surface area contributed by atoms with Crippen molar-refractivity contribution in [3.8, 4) is 11.6 Å². The van der Waals surface area contributed by atoms with Crippen molar-refractivity contribution < 1.29 is 24.3 Å². The van der Waals surface area contributed by atoms with Crippen LogP contribution >= 0.6 is 0 Å². The van der Waals surface area contributed by atoms with E-state index in [1.807, 2.05) is 13.0 Å². The fourth-order valence-corrected chi connectivity index (χ4v) is 2.58. The highest BCUT2D eigenvalue weighted by Gasteiger charge is 2.30. The molecule has 0 saturated heterocycles. The number of aliphatic hydroxyl groups is 1. The van der Waals surface area contributed by atoms with Crippen LogP contribution in [0.1, 0.15) is 35.5 Å². The first kappa shape index (κ1) is 18.3. The smallest absolute Gasteiger partial charge is 0.437 e. The maximum absolute atomic E-state index is 12.0. The molecule has 1 aromatic carbocycles. The van der Waals surface area contributed by atoms with Crippen molar-refractivity contribution in [1.29, 1.82) is 0 Å². The Morgan fingerprint density at radius 1 is 1.38 bits per heavy atom. The lowest BCUT2D eigenvalue weighted by Crippen LogP contribution is -2.38. The zero-order valence-corrected chi connectivity index (χ0v) is 14.8. The highest BCUT2D eigenvalue weighted by molar-refractivity contribution is 6.62. The minimum Gasteiger partial charge on any atom is -0.437 e. The molecule has 0 fully saturated rings. The number of nitrogens with one attached hydrogen (secondary N) is 1. The Labute approximate surface area is 151 Å². The quantitative estimate of drug-likeness (QED) is 0.660. The Kier molecular flexibility index (Phi) is 4.95. The molecule has 2 aromatic rings. The Morgan fingerprint density at radius 2 is 2.15 bits per heavy atom. The Hall–Kier alpha value is -2.49. The molecular formula is C17H20BN3O5. The van der Waals surface area contributed by atoms with E-state index in [0.29, 0.717) is 17.8 Å². The standard InChI is InChI=1S/C17H20BN3O5/c1-10-13(5-4-11-8-25-18(24)15(10)11)26-14-7-19-12(6-20-14)16(22)21-9-17(2,3)23/h4-7,23-24H,8-9H2,1-3H3,(H,21,22). The highest BCUT2D eigenvalue weighted by atomic mass is 16.5. The van der Waals surface area contributed by atoms with Gasteiger partial charge in [-0.3, -0.25) is 4.79 Å². The molecule has 0 saturated carbocycles. The molecule has 0 spiro atoms. The number of fused-ring (bicyclic) bond motifs is 1. The van der Waals surface area contributed by atoms with Gasteiger partial charge < -0.3 is 24.8 Å². The van der Waals surface area contributed by atoms with Crippen LogP contribution in [0.3, 0.4) is 0 Å². The van der Waals surface area contributed by atoms with Gasteiger partial charge in [-0.15, -0.1) is 0 Å². The molecule has 0 unspecified atom stereocenters. The molecule has 0 bridgehead atoms. The third kappa shape index (κ3) is 4.01. The summed E-state index contributed by atoms with van der Waals surface area (Å²) in [6, 6.07) is 3.61. The van der Waals surface area contributed by atoms with E-state index in [4.69, 9.17) is 9.39 Å². The van der Waals surface area contributed by atoms with Crippen LogP contribution in [-0.4, -0.2) is 45.3 Å². The molecule has 26 heavy (non-hydrogen) atoms. The van der Waals surface area contributed by atoms with Gasteiger partial charge in [-0.2, -0.15) is 0 Å². The maximum Gasteiger partial charge on any atom is 0.492 e. The van der Waals surface area contributed by atoms with E-state index in [1.54, 1.807) is 19.9 Å². The number of hydrogen-bond donors (Lipinski definition) is 3. The second kappa shape index (κ2) is 7.03. The Balaban J connectivity index is 1.71. The molecule has 0 aliphatic carbocycles. The molecule has 9 heteroatoms. The predicted molar refractivity (Wildman–Crippen MR) is 94.3 cm³/mol. The second-order valence-electron chi connectivity index (χ2n) is 6.76. The fraction of sp³-hybridized carbons (Fsp3) is 0.353. The van der Waals surface area contributed by atoms with Gasteiger partial charge >= 0.3 is 7.12 Å². The average Bonchev–Trinajstić information content (AvgIpc) is 2.97. The zero-order valence-electron chi connectivity index (χ0n) is 14.8. The van der Waals surface area contributed by atoms with Crippen LogP contribution in [0.25, 0.3) is 0 Å². The van der Waals surface area contributed by atoms with Gasteiger partial charge in [0.05, 0.1) is 24.6 Å². The number of carbonyl (C=O) groups excluding carboxylic acids is 1. The summed E-state index contributed by atoms with van der Waals surface area (Å²) in [5.41, 5.74) is 1.51. The monoisotopic (exact) mass is 357 g/mol. The van der Waals surface area contributed by atoms with Gasteiger partial charge in [0.15, 0.2) is 0 Å². The van der Waals surface area contributed by atoms with Gasteiger partial charge in [0.25, 0.3) is 5.91 Å². The minimum absolute atomic E-state index is 0.102. The third-order valence-electron chi connectivity index (χ3n) is 3.96. The van der Waals surface area contributed by atoms with Crippen LogP contribution in [0.4, 0.5) is 0 Å². The lowest BCUT2D eigenvalue weighted by Gasteiger charge is -2.17. The first-order valence-electron chi connectivity index (χ1n) is 8.17. The van der Waals surface area contributed by atoms with E-state index in [2.05, 4.69) is 15.3 Å². The summed E-state index contributed by atoms with van der Waals surface area (Å²) < 4.78 is 10.9. The molecule has 3 N–H and O–H groups in total. The van der Waals surface area contributed by atoms with Crippen molar-refractivity contribution in [2.45, 2.75) is 33.0 Å². The van der Waals surface area contributed by atoms with Crippen LogP contribution in [0.15, 0.2) is 24.5 Å². The van der Waals surface area contributed by atoms with Crippen molar-refractivity contribution >= 4 is 18.5 Å². The van der Waals surface area contributed by atoms with Crippen LogP contribution in [0.5, 0.6) is 11.6 Å². The number of hydrogen-bond acceptors (Lipinski definition) is 7. The number of rotatable bonds is 5.